The molecule has 0 amide bonds. The third-order valence-corrected chi connectivity index (χ3v) is 3.80. The van der Waals surface area contributed by atoms with Crippen LogP contribution in [0.3, 0.4) is 0 Å². The number of aliphatic hydroxyl groups excluding tert-OH is 2. The smallest absolute Gasteiger partial charge is 0.303 e. The van der Waals surface area contributed by atoms with Crippen LogP contribution in [0.2, 0.25) is 0 Å². The zero-order valence-corrected chi connectivity index (χ0v) is 14.0. The summed E-state index contributed by atoms with van der Waals surface area (Å²) >= 11 is 0. The maximum Gasteiger partial charge on any atom is 0.303 e. The van der Waals surface area contributed by atoms with Gasteiger partial charge in [0.2, 0.25) is 0 Å². The molecule has 0 aliphatic carbocycles. The summed E-state index contributed by atoms with van der Waals surface area (Å²) < 4.78 is 0. The molecule has 0 aromatic rings. The van der Waals surface area contributed by atoms with Crippen molar-refractivity contribution in [3.05, 3.63) is 12.2 Å². The molecule has 0 aliphatic rings. The highest BCUT2D eigenvalue weighted by Crippen LogP contribution is 2.10. The Balaban J connectivity index is 3.51. The van der Waals surface area contributed by atoms with Gasteiger partial charge in [-0.1, -0.05) is 70.4 Å². The van der Waals surface area contributed by atoms with E-state index in [1.165, 1.54) is 19.3 Å². The van der Waals surface area contributed by atoms with Crippen LogP contribution in [0.1, 0.15) is 84.0 Å². The largest absolute Gasteiger partial charge is 0.481 e. The molecule has 22 heavy (non-hydrogen) atoms. The molecule has 4 nitrogen and oxygen atoms in total. The van der Waals surface area contributed by atoms with Crippen LogP contribution < -0.4 is 0 Å². The number of aliphatic carboxylic acids is 1. The predicted octanol–water partition coefficient (Wildman–Crippen LogP) is 4.05. The molecule has 0 spiro atoms. The molecular formula is C18H34O4. The molecule has 0 radical (unpaired) electrons. The van der Waals surface area contributed by atoms with E-state index in [0.717, 1.165) is 38.5 Å². The zero-order valence-electron chi connectivity index (χ0n) is 14.0. The third kappa shape index (κ3) is 15.5. The van der Waals surface area contributed by atoms with E-state index < -0.39 is 18.2 Å². The Morgan fingerprint density at radius 1 is 0.818 bits per heavy atom. The molecule has 0 heterocycles. The zero-order chi connectivity index (χ0) is 16.6. The topological polar surface area (TPSA) is 77.8 Å². The Kier molecular flexibility index (Phi) is 14.4. The van der Waals surface area contributed by atoms with Gasteiger partial charge in [-0.05, 0) is 19.3 Å². The van der Waals surface area contributed by atoms with E-state index in [1.54, 1.807) is 12.2 Å². The number of carbonyl (C=O) groups is 1. The van der Waals surface area contributed by atoms with Gasteiger partial charge in [-0.15, -0.1) is 0 Å². The second kappa shape index (κ2) is 15.0. The Hall–Kier alpha value is -0.870. The minimum absolute atomic E-state index is 0.229. The molecule has 4 heteroatoms. The van der Waals surface area contributed by atoms with Crippen LogP contribution in [0.5, 0.6) is 0 Å². The maximum absolute atomic E-state index is 10.3. The first-order chi connectivity index (χ1) is 10.6. The van der Waals surface area contributed by atoms with Crippen molar-refractivity contribution in [3.63, 3.8) is 0 Å². The number of carboxylic acids is 1. The van der Waals surface area contributed by atoms with E-state index in [-0.39, 0.29) is 6.42 Å². The fourth-order valence-electron chi connectivity index (χ4n) is 2.39. The number of unbranched alkanes of at least 4 members (excludes halogenated alkanes) is 7. The average Bonchev–Trinajstić information content (AvgIpc) is 2.48. The molecule has 2 unspecified atom stereocenters. The van der Waals surface area contributed by atoms with Gasteiger partial charge in [-0.2, -0.15) is 0 Å². The van der Waals surface area contributed by atoms with Gasteiger partial charge < -0.3 is 15.3 Å². The van der Waals surface area contributed by atoms with Crippen LogP contribution in [0.15, 0.2) is 12.2 Å². The lowest BCUT2D eigenvalue weighted by Crippen LogP contribution is -2.06. The summed E-state index contributed by atoms with van der Waals surface area (Å²) in [5, 5.41) is 28.1. The fraction of sp³-hybridized carbons (Fsp3) is 0.833. The lowest BCUT2D eigenvalue weighted by molar-refractivity contribution is -0.137. The lowest BCUT2D eigenvalue weighted by Gasteiger charge is -2.08. The molecule has 130 valence electrons. The van der Waals surface area contributed by atoms with Crippen LogP contribution in [0, 0.1) is 0 Å². The van der Waals surface area contributed by atoms with Gasteiger partial charge in [0.25, 0.3) is 0 Å². The van der Waals surface area contributed by atoms with E-state index in [2.05, 4.69) is 6.92 Å². The summed E-state index contributed by atoms with van der Waals surface area (Å²) in [4.78, 5) is 10.3. The summed E-state index contributed by atoms with van der Waals surface area (Å²) in [6, 6.07) is 0. The summed E-state index contributed by atoms with van der Waals surface area (Å²) in [6.45, 7) is 2.19. The van der Waals surface area contributed by atoms with Gasteiger partial charge in [0.05, 0.1) is 12.2 Å². The first kappa shape index (κ1) is 21.1. The van der Waals surface area contributed by atoms with Crippen molar-refractivity contribution in [1.29, 1.82) is 0 Å². The van der Waals surface area contributed by atoms with Gasteiger partial charge >= 0.3 is 5.97 Å². The SMILES string of the molecule is CCCCCCCC(O)/C=C/C(O)CCCCCCC(=O)O. The van der Waals surface area contributed by atoms with E-state index >= 15 is 0 Å². The van der Waals surface area contributed by atoms with Gasteiger partial charge in [0.15, 0.2) is 0 Å². The normalized spacial score (nSPS) is 14.3. The Morgan fingerprint density at radius 2 is 1.27 bits per heavy atom. The minimum atomic E-state index is -0.744. The summed E-state index contributed by atoms with van der Waals surface area (Å²) in [7, 11) is 0. The van der Waals surface area contributed by atoms with E-state index in [0.29, 0.717) is 12.8 Å². The highest BCUT2D eigenvalue weighted by Gasteiger charge is 2.03. The molecule has 3 N–H and O–H groups in total. The molecular weight excluding hydrogens is 280 g/mol. The number of hydrogen-bond donors (Lipinski definition) is 3. The van der Waals surface area contributed by atoms with Crippen LogP contribution >= 0.6 is 0 Å². The molecule has 2 atom stereocenters. The Morgan fingerprint density at radius 3 is 1.73 bits per heavy atom. The van der Waals surface area contributed by atoms with Gasteiger partial charge in [0, 0.05) is 6.42 Å². The molecule has 0 saturated carbocycles. The highest BCUT2D eigenvalue weighted by atomic mass is 16.4. The molecule has 0 rings (SSSR count). The van der Waals surface area contributed by atoms with E-state index in [4.69, 9.17) is 5.11 Å². The Bertz CT molecular complexity index is 289. The highest BCUT2D eigenvalue weighted by molar-refractivity contribution is 5.66. The monoisotopic (exact) mass is 314 g/mol. The fourth-order valence-corrected chi connectivity index (χ4v) is 2.39. The molecule has 0 saturated heterocycles. The second-order valence-electron chi connectivity index (χ2n) is 6.07. The quantitative estimate of drug-likeness (QED) is 0.315. The standard InChI is InChI=1S/C18H34O4/c1-2-3-4-5-8-11-16(19)14-15-17(20)12-9-6-7-10-13-18(21)22/h14-17,19-20H,2-13H2,1H3,(H,21,22)/b15-14+. The van der Waals surface area contributed by atoms with Gasteiger partial charge in [-0.25, -0.2) is 0 Å². The van der Waals surface area contributed by atoms with E-state index in [1.807, 2.05) is 0 Å². The summed E-state index contributed by atoms with van der Waals surface area (Å²) in [5.74, 6) is -0.744. The van der Waals surface area contributed by atoms with Crippen molar-refractivity contribution in [1.82, 2.24) is 0 Å². The van der Waals surface area contributed by atoms with Crippen LogP contribution in [-0.2, 0) is 4.79 Å². The molecule has 0 aromatic heterocycles. The first-order valence-electron chi connectivity index (χ1n) is 8.82. The third-order valence-electron chi connectivity index (χ3n) is 3.80. The van der Waals surface area contributed by atoms with Crippen molar-refractivity contribution in [2.24, 2.45) is 0 Å². The number of rotatable bonds is 15. The van der Waals surface area contributed by atoms with Crippen molar-refractivity contribution in [2.75, 3.05) is 0 Å². The molecule has 0 bridgehead atoms. The maximum atomic E-state index is 10.3. The first-order valence-corrected chi connectivity index (χ1v) is 8.82. The Labute approximate surface area is 135 Å². The average molecular weight is 314 g/mol. The second-order valence-corrected chi connectivity index (χ2v) is 6.07. The number of aliphatic hydroxyl groups is 2. The van der Waals surface area contributed by atoms with Gasteiger partial charge in [-0.3, -0.25) is 4.79 Å². The minimum Gasteiger partial charge on any atom is -0.481 e. The molecule has 0 aromatic carbocycles. The van der Waals surface area contributed by atoms with Crippen molar-refractivity contribution < 1.29 is 20.1 Å². The van der Waals surface area contributed by atoms with Gasteiger partial charge in [0.1, 0.15) is 0 Å². The van der Waals surface area contributed by atoms with Crippen LogP contribution in [0.4, 0.5) is 0 Å². The van der Waals surface area contributed by atoms with Crippen molar-refractivity contribution in [2.45, 2.75) is 96.2 Å². The summed E-state index contributed by atoms with van der Waals surface area (Å²) in [5.41, 5.74) is 0. The van der Waals surface area contributed by atoms with E-state index in [9.17, 15) is 15.0 Å². The van der Waals surface area contributed by atoms with Crippen molar-refractivity contribution >= 4 is 5.97 Å². The number of carboxylic acid groups (broad SMARTS) is 1. The lowest BCUT2D eigenvalue weighted by atomic mass is 10.1. The van der Waals surface area contributed by atoms with Crippen LogP contribution in [0.25, 0.3) is 0 Å². The van der Waals surface area contributed by atoms with Crippen LogP contribution in [-0.4, -0.2) is 33.5 Å². The predicted molar refractivity (Wildman–Crippen MR) is 89.9 cm³/mol. The summed E-state index contributed by atoms with van der Waals surface area (Å²) in [6.07, 6.45) is 13.4. The molecule has 0 fully saturated rings. The molecule has 0 aliphatic heterocycles. The number of hydrogen-bond acceptors (Lipinski definition) is 3. The van der Waals surface area contributed by atoms with Crippen molar-refractivity contribution in [3.8, 4) is 0 Å².